The smallest absolute Gasteiger partial charge is 0.336 e. The van der Waals surface area contributed by atoms with Gasteiger partial charge in [-0.25, -0.2) is 15.7 Å². The van der Waals surface area contributed by atoms with Gasteiger partial charge in [-0.2, -0.15) is 0 Å². The van der Waals surface area contributed by atoms with E-state index >= 15 is 0 Å². The molecular weight excluding hydrogens is 256 g/mol. The maximum absolute atomic E-state index is 11.4. The maximum atomic E-state index is 11.4. The van der Waals surface area contributed by atoms with E-state index in [4.69, 9.17) is 0 Å². The Hall–Kier alpha value is -2.00. The molecule has 1 heterocycles. The molecule has 1 aliphatic rings. The Morgan fingerprint density at radius 2 is 1.79 bits per heavy atom. The molecule has 2 nitrogen and oxygen atoms in total. The fourth-order valence-corrected chi connectivity index (χ4v) is 4.02. The van der Waals surface area contributed by atoms with Crippen LogP contribution in [-0.2, 0) is 5.75 Å². The van der Waals surface area contributed by atoms with E-state index in [1.54, 1.807) is 6.07 Å². The van der Waals surface area contributed by atoms with Gasteiger partial charge in [-0.3, -0.25) is 0 Å². The van der Waals surface area contributed by atoms with Crippen molar-refractivity contribution in [3.8, 4) is 0 Å². The Morgan fingerprint density at radius 1 is 1.05 bits per heavy atom. The summed E-state index contributed by atoms with van der Waals surface area (Å²) < 4.78 is 0. The lowest BCUT2D eigenvalue weighted by Crippen LogP contribution is -2.03. The molecule has 0 aliphatic carbocycles. The number of fused-ring (bicyclic) bond motifs is 1. The monoisotopic (exact) mass is 270 g/mol. The zero-order valence-corrected chi connectivity index (χ0v) is 11.2. The quantitative estimate of drug-likeness (QED) is 0.825. The highest BCUT2D eigenvalue weighted by atomic mass is 32.2. The molecule has 0 amide bonds. The number of benzene rings is 2. The number of allylic oxidation sites excluding steroid dienone is 2. The lowest BCUT2D eigenvalue weighted by molar-refractivity contribution is 0.0696. The number of thiol groups is 1. The molecule has 2 aromatic rings. The van der Waals surface area contributed by atoms with Crippen molar-refractivity contribution in [1.82, 2.24) is 0 Å². The van der Waals surface area contributed by atoms with Gasteiger partial charge in [0.2, 0.25) is 0 Å². The summed E-state index contributed by atoms with van der Waals surface area (Å²) in [4.78, 5) is 11.4. The second-order valence-corrected chi connectivity index (χ2v) is 6.41. The summed E-state index contributed by atoms with van der Waals surface area (Å²) in [5.41, 5.74) is 1.38. The van der Waals surface area contributed by atoms with Crippen molar-refractivity contribution in [2.45, 2.75) is 5.75 Å². The normalized spacial score (nSPS) is 15.3. The largest absolute Gasteiger partial charge is 0.478 e. The van der Waals surface area contributed by atoms with Crippen LogP contribution in [0.4, 0.5) is 0 Å². The van der Waals surface area contributed by atoms with Crippen LogP contribution in [0.1, 0.15) is 15.9 Å². The topological polar surface area (TPSA) is 37.3 Å². The summed E-state index contributed by atoms with van der Waals surface area (Å²) in [6, 6.07) is 11.6. The maximum Gasteiger partial charge on any atom is 0.336 e. The molecule has 3 rings (SSSR count). The summed E-state index contributed by atoms with van der Waals surface area (Å²) in [7, 11) is -0.360. The van der Waals surface area contributed by atoms with Crippen LogP contribution < -0.4 is 0 Å². The van der Waals surface area contributed by atoms with Crippen LogP contribution in [0.5, 0.6) is 0 Å². The van der Waals surface area contributed by atoms with Crippen LogP contribution in [0.2, 0.25) is 0 Å². The summed E-state index contributed by atoms with van der Waals surface area (Å²) in [6.07, 6.45) is 4.08. The van der Waals surface area contributed by atoms with Gasteiger partial charge in [-0.05, 0) is 33.2 Å². The molecule has 96 valence electrons. The first-order valence-corrected chi connectivity index (χ1v) is 7.77. The van der Waals surface area contributed by atoms with Crippen molar-refractivity contribution in [3.05, 3.63) is 70.5 Å². The first kappa shape index (κ1) is 12.1. The van der Waals surface area contributed by atoms with E-state index in [1.807, 2.05) is 42.5 Å². The Balaban J connectivity index is 2.16. The third kappa shape index (κ3) is 2.29. The van der Waals surface area contributed by atoms with E-state index in [1.165, 1.54) is 0 Å². The number of hydrogen-bond acceptors (Lipinski definition) is 1. The molecule has 3 heteroatoms. The molecule has 0 saturated carbocycles. The van der Waals surface area contributed by atoms with Crippen molar-refractivity contribution in [1.29, 1.82) is 0 Å². The molecule has 0 radical (unpaired) electrons. The number of hydrogen-bond donors (Lipinski definition) is 2. The number of aromatic carboxylic acids is 1. The van der Waals surface area contributed by atoms with Gasteiger partial charge < -0.3 is 5.11 Å². The van der Waals surface area contributed by atoms with Gasteiger partial charge in [0.1, 0.15) is 0 Å². The average molecular weight is 270 g/mol. The van der Waals surface area contributed by atoms with Gasteiger partial charge in [-0.15, -0.1) is 0 Å². The van der Waals surface area contributed by atoms with E-state index in [2.05, 4.69) is 10.8 Å². The molecule has 2 aromatic carbocycles. The van der Waals surface area contributed by atoms with Crippen molar-refractivity contribution >= 4 is 27.6 Å². The minimum Gasteiger partial charge on any atom is -0.478 e. The molecule has 1 aliphatic heterocycles. The highest BCUT2D eigenvalue weighted by molar-refractivity contribution is 8.21. The van der Waals surface area contributed by atoms with E-state index in [0.717, 1.165) is 22.1 Å². The molecular formula is C16H14O2S. The zero-order chi connectivity index (χ0) is 13.2. The van der Waals surface area contributed by atoms with Crippen molar-refractivity contribution in [3.63, 3.8) is 0 Å². The van der Waals surface area contributed by atoms with Gasteiger partial charge in [0.25, 0.3) is 0 Å². The van der Waals surface area contributed by atoms with Gasteiger partial charge in [0.05, 0.1) is 5.56 Å². The van der Waals surface area contributed by atoms with Crippen LogP contribution in [0.25, 0.3) is 10.8 Å². The van der Waals surface area contributed by atoms with Gasteiger partial charge >= 0.3 is 5.97 Å². The molecule has 0 fully saturated rings. The summed E-state index contributed by atoms with van der Waals surface area (Å²) in [6.45, 7) is 0. The SMILES string of the molecule is O=C(O)c1ccc2ccccc2c1C[SH]1C=CC=C1. The molecule has 19 heavy (non-hydrogen) atoms. The van der Waals surface area contributed by atoms with E-state index in [-0.39, 0.29) is 10.9 Å². The number of carboxylic acids is 1. The third-order valence-corrected chi connectivity index (χ3v) is 5.07. The van der Waals surface area contributed by atoms with Gasteiger partial charge in [-0.1, -0.05) is 42.5 Å². The zero-order valence-electron chi connectivity index (χ0n) is 10.3. The molecule has 0 saturated heterocycles. The van der Waals surface area contributed by atoms with Crippen LogP contribution in [-0.4, -0.2) is 11.1 Å². The average Bonchev–Trinajstić information content (AvgIpc) is 2.92. The molecule has 0 bridgehead atoms. The number of rotatable bonds is 3. The van der Waals surface area contributed by atoms with E-state index in [9.17, 15) is 9.90 Å². The van der Waals surface area contributed by atoms with Crippen molar-refractivity contribution in [2.75, 3.05) is 0 Å². The highest BCUT2D eigenvalue weighted by Gasteiger charge is 2.15. The lowest BCUT2D eigenvalue weighted by atomic mass is 10.0. The number of carboxylic acid groups (broad SMARTS) is 1. The molecule has 0 atom stereocenters. The van der Waals surface area contributed by atoms with E-state index in [0.29, 0.717) is 5.56 Å². The minimum absolute atomic E-state index is 0.360. The van der Waals surface area contributed by atoms with Gasteiger partial charge in [0.15, 0.2) is 0 Å². The third-order valence-electron chi connectivity index (χ3n) is 3.28. The van der Waals surface area contributed by atoms with Crippen LogP contribution in [0.15, 0.2) is 59.4 Å². The van der Waals surface area contributed by atoms with Crippen LogP contribution in [0, 0.1) is 0 Å². The summed E-state index contributed by atoms with van der Waals surface area (Å²) in [5, 5.41) is 15.9. The fraction of sp³-hybridized carbons (Fsp3) is 0.0625. The summed E-state index contributed by atoms with van der Waals surface area (Å²) in [5.74, 6) is -0.0476. The summed E-state index contributed by atoms with van der Waals surface area (Å²) >= 11 is 0. The molecule has 0 unspecified atom stereocenters. The van der Waals surface area contributed by atoms with Crippen molar-refractivity contribution < 1.29 is 9.90 Å². The first-order valence-electron chi connectivity index (χ1n) is 6.10. The standard InChI is InChI=1S/C16H14O2S/c17-16(18)14-8-7-12-5-1-2-6-13(12)15(14)11-19-9-3-4-10-19/h1-10,19H,11H2,(H,17,18). The second-order valence-electron chi connectivity index (χ2n) is 4.47. The van der Waals surface area contributed by atoms with Crippen LogP contribution in [0.3, 0.4) is 0 Å². The highest BCUT2D eigenvalue weighted by Crippen LogP contribution is 2.39. The Morgan fingerprint density at radius 3 is 2.53 bits per heavy atom. The fourth-order valence-electron chi connectivity index (χ4n) is 2.36. The number of carbonyl (C=O) groups is 1. The molecule has 0 aromatic heterocycles. The predicted octanol–water partition coefficient (Wildman–Crippen LogP) is 4.08. The molecule has 0 spiro atoms. The van der Waals surface area contributed by atoms with Crippen LogP contribution >= 0.6 is 10.9 Å². The molecule has 1 N–H and O–H groups in total. The van der Waals surface area contributed by atoms with E-state index < -0.39 is 5.97 Å². The predicted molar refractivity (Wildman–Crippen MR) is 81.9 cm³/mol. The van der Waals surface area contributed by atoms with Gasteiger partial charge in [0, 0.05) is 5.75 Å². The Bertz CT molecular complexity index is 689. The lowest BCUT2D eigenvalue weighted by Gasteiger charge is -2.15. The Labute approximate surface area is 114 Å². The van der Waals surface area contributed by atoms with Crippen molar-refractivity contribution in [2.24, 2.45) is 0 Å². The second kappa shape index (κ2) is 4.94. The Kier molecular flexibility index (Phi) is 3.13. The first-order chi connectivity index (χ1) is 9.25. The minimum atomic E-state index is -0.845.